The van der Waals surface area contributed by atoms with Crippen molar-refractivity contribution < 1.29 is 20.1 Å². The second kappa shape index (κ2) is 5.51. The Balaban J connectivity index is 0.00000147. The molecule has 3 rings (SSSR count). The molecular formula is C15H15ClO4. The largest absolute Gasteiger partial charge is 0.508 e. The fraction of sp³-hybridized carbons (Fsp3) is 0.200. The minimum atomic E-state index is -0.000617. The van der Waals surface area contributed by atoms with Crippen molar-refractivity contribution in [2.75, 3.05) is 6.61 Å². The van der Waals surface area contributed by atoms with Crippen LogP contribution in [0.3, 0.4) is 0 Å². The SMILES string of the molecule is Cl.Oc1ccc(C2COc3cc(O)cc(O)c3C2)cc1. The van der Waals surface area contributed by atoms with E-state index in [1.165, 1.54) is 12.1 Å². The molecule has 3 N–H and O–H groups in total. The van der Waals surface area contributed by atoms with Gasteiger partial charge in [-0.2, -0.15) is 0 Å². The third-order valence-corrected chi connectivity index (χ3v) is 3.43. The Morgan fingerprint density at radius 2 is 1.65 bits per heavy atom. The fourth-order valence-corrected chi connectivity index (χ4v) is 2.41. The molecule has 2 aromatic rings. The number of hydrogen-bond acceptors (Lipinski definition) is 4. The lowest BCUT2D eigenvalue weighted by Crippen LogP contribution is -2.19. The summed E-state index contributed by atoms with van der Waals surface area (Å²) >= 11 is 0. The van der Waals surface area contributed by atoms with E-state index in [-0.39, 0.29) is 35.6 Å². The first-order valence-corrected chi connectivity index (χ1v) is 6.10. The number of fused-ring (bicyclic) bond motifs is 1. The van der Waals surface area contributed by atoms with Crippen LogP contribution < -0.4 is 4.74 Å². The van der Waals surface area contributed by atoms with Gasteiger partial charge >= 0.3 is 0 Å². The zero-order valence-corrected chi connectivity index (χ0v) is 11.4. The number of hydrogen-bond donors (Lipinski definition) is 3. The molecule has 5 heteroatoms. The molecule has 1 unspecified atom stereocenters. The van der Waals surface area contributed by atoms with Gasteiger partial charge < -0.3 is 20.1 Å². The quantitative estimate of drug-likeness (QED) is 0.756. The Morgan fingerprint density at radius 1 is 0.950 bits per heavy atom. The van der Waals surface area contributed by atoms with E-state index in [0.29, 0.717) is 24.3 Å². The van der Waals surface area contributed by atoms with Gasteiger partial charge in [-0.25, -0.2) is 0 Å². The third-order valence-electron chi connectivity index (χ3n) is 3.43. The summed E-state index contributed by atoms with van der Waals surface area (Å²) in [6.45, 7) is 0.487. The van der Waals surface area contributed by atoms with Gasteiger partial charge in [-0.3, -0.25) is 0 Å². The van der Waals surface area contributed by atoms with Crippen LogP contribution in [0.4, 0.5) is 0 Å². The molecule has 0 saturated heterocycles. The molecule has 20 heavy (non-hydrogen) atoms. The molecule has 0 saturated carbocycles. The van der Waals surface area contributed by atoms with Crippen LogP contribution in [0.15, 0.2) is 36.4 Å². The van der Waals surface area contributed by atoms with Gasteiger partial charge in [0, 0.05) is 23.6 Å². The van der Waals surface area contributed by atoms with Crippen LogP contribution in [0, 0.1) is 0 Å². The molecule has 2 aromatic carbocycles. The average Bonchev–Trinajstić information content (AvgIpc) is 2.39. The molecule has 0 amide bonds. The summed E-state index contributed by atoms with van der Waals surface area (Å²) in [4.78, 5) is 0. The lowest BCUT2D eigenvalue weighted by Gasteiger charge is -2.26. The van der Waals surface area contributed by atoms with Crippen molar-refractivity contribution in [1.82, 2.24) is 0 Å². The Labute approximate surface area is 122 Å². The van der Waals surface area contributed by atoms with Gasteiger partial charge in [0.1, 0.15) is 23.0 Å². The van der Waals surface area contributed by atoms with E-state index in [9.17, 15) is 15.3 Å². The summed E-state index contributed by atoms with van der Waals surface area (Å²) in [5, 5.41) is 28.6. The van der Waals surface area contributed by atoms with E-state index in [0.717, 1.165) is 5.56 Å². The highest BCUT2D eigenvalue weighted by Gasteiger charge is 2.24. The predicted octanol–water partition coefficient (Wildman–Crippen LogP) is 2.94. The molecule has 0 radical (unpaired) electrons. The normalized spacial score (nSPS) is 16.7. The van der Waals surface area contributed by atoms with Crippen LogP contribution >= 0.6 is 12.4 Å². The number of phenolic OH excluding ortho intramolecular Hbond substituents is 3. The van der Waals surface area contributed by atoms with Gasteiger partial charge in [0.15, 0.2) is 0 Å². The van der Waals surface area contributed by atoms with E-state index in [2.05, 4.69) is 0 Å². The molecule has 4 nitrogen and oxygen atoms in total. The van der Waals surface area contributed by atoms with Crippen LogP contribution in [-0.4, -0.2) is 21.9 Å². The first-order chi connectivity index (χ1) is 9.13. The van der Waals surface area contributed by atoms with E-state index in [1.54, 1.807) is 12.1 Å². The number of phenols is 3. The molecule has 0 aromatic heterocycles. The van der Waals surface area contributed by atoms with Gasteiger partial charge in [-0.1, -0.05) is 12.1 Å². The molecule has 106 valence electrons. The summed E-state index contributed by atoms with van der Waals surface area (Å²) in [6.07, 6.45) is 0.645. The average molecular weight is 295 g/mol. The molecular weight excluding hydrogens is 280 g/mol. The maximum atomic E-state index is 9.87. The highest BCUT2D eigenvalue weighted by atomic mass is 35.5. The second-order valence-electron chi connectivity index (χ2n) is 4.75. The van der Waals surface area contributed by atoms with Crippen molar-refractivity contribution in [2.45, 2.75) is 12.3 Å². The van der Waals surface area contributed by atoms with Crippen LogP contribution in [0.1, 0.15) is 17.0 Å². The van der Waals surface area contributed by atoms with Crippen molar-refractivity contribution in [3.05, 3.63) is 47.5 Å². The smallest absolute Gasteiger partial charge is 0.129 e. The van der Waals surface area contributed by atoms with Gasteiger partial charge in [-0.05, 0) is 24.1 Å². The lowest BCUT2D eigenvalue weighted by molar-refractivity contribution is 0.257. The zero-order chi connectivity index (χ0) is 13.4. The monoisotopic (exact) mass is 294 g/mol. The number of rotatable bonds is 1. The van der Waals surface area contributed by atoms with Crippen molar-refractivity contribution in [3.8, 4) is 23.0 Å². The molecule has 1 aliphatic rings. The first-order valence-electron chi connectivity index (χ1n) is 6.10. The minimum absolute atomic E-state index is 0. The summed E-state index contributed by atoms with van der Waals surface area (Å²) in [5.41, 5.74) is 1.76. The molecule has 0 bridgehead atoms. The second-order valence-corrected chi connectivity index (χ2v) is 4.75. The standard InChI is InChI=1S/C15H14O4.ClH/c16-11-3-1-9(2-4-11)10-5-13-14(18)6-12(17)7-15(13)19-8-10;/h1-4,6-7,10,16-18H,5,8H2;1H. The summed E-state index contributed by atoms with van der Waals surface area (Å²) < 4.78 is 5.60. The predicted molar refractivity (Wildman–Crippen MR) is 77.1 cm³/mol. The number of aromatic hydroxyl groups is 3. The maximum absolute atomic E-state index is 9.87. The Morgan fingerprint density at radius 3 is 2.35 bits per heavy atom. The summed E-state index contributed by atoms with van der Waals surface area (Å²) in [5.74, 6) is 0.947. The molecule has 0 fully saturated rings. The highest BCUT2D eigenvalue weighted by molar-refractivity contribution is 5.85. The van der Waals surface area contributed by atoms with Crippen molar-refractivity contribution in [2.24, 2.45) is 0 Å². The zero-order valence-electron chi connectivity index (χ0n) is 10.6. The van der Waals surface area contributed by atoms with E-state index in [1.807, 2.05) is 12.1 Å². The maximum Gasteiger partial charge on any atom is 0.129 e. The molecule has 1 heterocycles. The van der Waals surface area contributed by atoms with Crippen LogP contribution in [0.25, 0.3) is 0 Å². The van der Waals surface area contributed by atoms with Crippen molar-refractivity contribution in [1.29, 1.82) is 0 Å². The topological polar surface area (TPSA) is 69.9 Å². The van der Waals surface area contributed by atoms with Gasteiger partial charge in [-0.15, -0.1) is 12.4 Å². The third kappa shape index (κ3) is 2.60. The fourth-order valence-electron chi connectivity index (χ4n) is 2.41. The van der Waals surface area contributed by atoms with E-state index < -0.39 is 0 Å². The number of halogens is 1. The molecule has 1 atom stereocenters. The van der Waals surface area contributed by atoms with E-state index >= 15 is 0 Å². The van der Waals surface area contributed by atoms with Gasteiger partial charge in [0.2, 0.25) is 0 Å². The Bertz CT molecular complexity index is 610. The Hall–Kier alpha value is -2.07. The first kappa shape index (κ1) is 14.3. The lowest BCUT2D eigenvalue weighted by atomic mass is 9.90. The minimum Gasteiger partial charge on any atom is -0.508 e. The summed E-state index contributed by atoms with van der Waals surface area (Å²) in [7, 11) is 0. The van der Waals surface area contributed by atoms with Crippen LogP contribution in [0.2, 0.25) is 0 Å². The van der Waals surface area contributed by atoms with Crippen molar-refractivity contribution in [3.63, 3.8) is 0 Å². The van der Waals surface area contributed by atoms with Crippen molar-refractivity contribution >= 4 is 12.4 Å². The number of ether oxygens (including phenoxy) is 1. The Kier molecular flexibility index (Phi) is 3.95. The van der Waals surface area contributed by atoms with E-state index in [4.69, 9.17) is 4.74 Å². The van der Waals surface area contributed by atoms with Crippen LogP contribution in [-0.2, 0) is 6.42 Å². The van der Waals surface area contributed by atoms with Gasteiger partial charge in [0.25, 0.3) is 0 Å². The number of benzene rings is 2. The molecule has 0 aliphatic carbocycles. The van der Waals surface area contributed by atoms with Crippen LogP contribution in [0.5, 0.6) is 23.0 Å². The summed E-state index contributed by atoms with van der Waals surface area (Å²) in [6, 6.07) is 9.82. The van der Waals surface area contributed by atoms with Gasteiger partial charge in [0.05, 0.1) is 6.61 Å². The molecule has 1 aliphatic heterocycles. The molecule has 0 spiro atoms. The highest BCUT2D eigenvalue weighted by Crippen LogP contribution is 2.40.